The lowest BCUT2D eigenvalue weighted by atomic mass is 10.1. The van der Waals surface area contributed by atoms with Crippen LogP contribution in [0.5, 0.6) is 5.88 Å². The fraction of sp³-hybridized carbons (Fsp3) is 0.500. The van der Waals surface area contributed by atoms with Crippen molar-refractivity contribution in [1.82, 2.24) is 4.98 Å². The van der Waals surface area contributed by atoms with Gasteiger partial charge in [-0.2, -0.15) is 0 Å². The molecule has 5 heteroatoms. The van der Waals surface area contributed by atoms with E-state index in [1.54, 1.807) is 0 Å². The van der Waals surface area contributed by atoms with E-state index >= 15 is 0 Å². The molecule has 0 aromatic carbocycles. The molecule has 0 unspecified atom stereocenters. The van der Waals surface area contributed by atoms with Crippen LogP contribution in [0.15, 0.2) is 11.2 Å². The molecule has 0 radical (unpaired) electrons. The van der Waals surface area contributed by atoms with Crippen molar-refractivity contribution in [3.05, 3.63) is 22.9 Å². The molecule has 5 nitrogen and oxygen atoms in total. The van der Waals surface area contributed by atoms with Crippen molar-refractivity contribution in [3.63, 3.8) is 0 Å². The Hall–Kier alpha value is -1.78. The van der Waals surface area contributed by atoms with Crippen molar-refractivity contribution in [3.8, 4) is 5.88 Å². The SMILES string of the molecule is Cc1cc(C)c(/C(N)=N/O)c(OCC(C)C)n1. The molecule has 0 aliphatic heterocycles. The first-order chi connectivity index (χ1) is 7.95. The molecule has 1 heterocycles. The Morgan fingerprint density at radius 2 is 2.18 bits per heavy atom. The Kier molecular flexibility index (Phi) is 4.31. The molecule has 0 saturated heterocycles. The third kappa shape index (κ3) is 3.34. The first kappa shape index (κ1) is 13.3. The Bertz CT molecular complexity index is 428. The summed E-state index contributed by atoms with van der Waals surface area (Å²) in [7, 11) is 0. The standard InChI is InChI=1S/C12H19N3O2/c1-7(2)6-17-12-10(11(13)15-16)8(3)5-9(4)14-12/h5,7,16H,6H2,1-4H3,(H2,13,15). The van der Waals surface area contributed by atoms with Crippen molar-refractivity contribution >= 4 is 5.84 Å². The van der Waals surface area contributed by atoms with Crippen molar-refractivity contribution < 1.29 is 9.94 Å². The number of oxime groups is 1. The Morgan fingerprint density at radius 1 is 1.53 bits per heavy atom. The van der Waals surface area contributed by atoms with E-state index in [9.17, 15) is 0 Å². The summed E-state index contributed by atoms with van der Waals surface area (Å²) in [6, 6.07) is 1.87. The van der Waals surface area contributed by atoms with Crippen LogP contribution in [0.1, 0.15) is 30.7 Å². The second-order valence-corrected chi connectivity index (χ2v) is 4.45. The van der Waals surface area contributed by atoms with Gasteiger partial charge in [-0.15, -0.1) is 0 Å². The van der Waals surface area contributed by atoms with Crippen LogP contribution in [0.3, 0.4) is 0 Å². The van der Waals surface area contributed by atoms with Crippen LogP contribution >= 0.6 is 0 Å². The van der Waals surface area contributed by atoms with Gasteiger partial charge in [-0.05, 0) is 31.4 Å². The smallest absolute Gasteiger partial charge is 0.225 e. The number of nitrogens with two attached hydrogens (primary N) is 1. The monoisotopic (exact) mass is 237 g/mol. The number of amidine groups is 1. The molecule has 0 amide bonds. The van der Waals surface area contributed by atoms with Crippen LogP contribution in [0.4, 0.5) is 0 Å². The normalized spacial score (nSPS) is 11.9. The molecule has 0 bridgehead atoms. The number of pyridine rings is 1. The summed E-state index contributed by atoms with van der Waals surface area (Å²) in [4.78, 5) is 4.28. The van der Waals surface area contributed by atoms with Gasteiger partial charge in [-0.3, -0.25) is 0 Å². The highest BCUT2D eigenvalue weighted by Crippen LogP contribution is 2.21. The Labute approximate surface area is 101 Å². The maximum Gasteiger partial charge on any atom is 0.225 e. The van der Waals surface area contributed by atoms with E-state index in [0.717, 1.165) is 11.3 Å². The second kappa shape index (κ2) is 5.52. The summed E-state index contributed by atoms with van der Waals surface area (Å²) >= 11 is 0. The number of rotatable bonds is 4. The minimum absolute atomic E-state index is 0.0220. The second-order valence-electron chi connectivity index (χ2n) is 4.45. The predicted molar refractivity (Wildman–Crippen MR) is 66.6 cm³/mol. The van der Waals surface area contributed by atoms with Gasteiger partial charge in [0.2, 0.25) is 5.88 Å². The number of ether oxygens (including phenoxy) is 1. The molecule has 0 spiro atoms. The third-order valence-electron chi connectivity index (χ3n) is 2.23. The van der Waals surface area contributed by atoms with Gasteiger partial charge < -0.3 is 15.7 Å². The maximum absolute atomic E-state index is 8.76. The first-order valence-corrected chi connectivity index (χ1v) is 5.54. The molecule has 1 aromatic heterocycles. The van der Waals surface area contributed by atoms with Crippen LogP contribution in [0, 0.1) is 19.8 Å². The zero-order valence-electron chi connectivity index (χ0n) is 10.7. The van der Waals surface area contributed by atoms with E-state index in [-0.39, 0.29) is 5.84 Å². The largest absolute Gasteiger partial charge is 0.477 e. The number of nitrogens with zero attached hydrogens (tertiary/aromatic N) is 2. The van der Waals surface area contributed by atoms with E-state index in [0.29, 0.717) is 24.0 Å². The lowest BCUT2D eigenvalue weighted by Crippen LogP contribution is -2.19. The Balaban J connectivity index is 3.16. The van der Waals surface area contributed by atoms with E-state index in [1.807, 2.05) is 33.8 Å². The van der Waals surface area contributed by atoms with Gasteiger partial charge in [0.05, 0.1) is 12.2 Å². The van der Waals surface area contributed by atoms with Gasteiger partial charge in [0.15, 0.2) is 5.84 Å². The summed E-state index contributed by atoms with van der Waals surface area (Å²) in [5, 5.41) is 11.8. The number of aromatic nitrogens is 1. The van der Waals surface area contributed by atoms with Crippen molar-refractivity contribution in [2.75, 3.05) is 6.61 Å². The molecule has 17 heavy (non-hydrogen) atoms. The molecule has 1 rings (SSSR count). The van der Waals surface area contributed by atoms with E-state index < -0.39 is 0 Å². The van der Waals surface area contributed by atoms with Crippen molar-refractivity contribution in [2.45, 2.75) is 27.7 Å². The number of hydrogen-bond donors (Lipinski definition) is 2. The highest BCUT2D eigenvalue weighted by atomic mass is 16.5. The first-order valence-electron chi connectivity index (χ1n) is 5.54. The van der Waals surface area contributed by atoms with Gasteiger partial charge in [-0.25, -0.2) is 4.98 Å². The lowest BCUT2D eigenvalue weighted by molar-refractivity contribution is 0.259. The van der Waals surface area contributed by atoms with Crippen LogP contribution in [-0.2, 0) is 0 Å². The molecule has 0 atom stereocenters. The zero-order valence-corrected chi connectivity index (χ0v) is 10.7. The molecule has 0 fully saturated rings. The fourth-order valence-electron chi connectivity index (χ4n) is 1.51. The molecule has 0 saturated carbocycles. The molecule has 0 aliphatic carbocycles. The summed E-state index contributed by atoms with van der Waals surface area (Å²) in [5.74, 6) is 0.831. The molecule has 3 N–H and O–H groups in total. The van der Waals surface area contributed by atoms with E-state index in [2.05, 4.69) is 10.1 Å². The zero-order chi connectivity index (χ0) is 13.0. The summed E-state index contributed by atoms with van der Waals surface area (Å²) in [6.07, 6.45) is 0. The van der Waals surface area contributed by atoms with Gasteiger partial charge in [0.25, 0.3) is 0 Å². The van der Waals surface area contributed by atoms with E-state index in [4.69, 9.17) is 15.7 Å². The average Bonchev–Trinajstić information content (AvgIpc) is 2.24. The predicted octanol–water partition coefficient (Wildman–Crippen LogP) is 1.83. The van der Waals surface area contributed by atoms with Crippen molar-refractivity contribution in [1.29, 1.82) is 0 Å². The lowest BCUT2D eigenvalue weighted by Gasteiger charge is -2.14. The summed E-state index contributed by atoms with van der Waals surface area (Å²) in [6.45, 7) is 8.40. The van der Waals surface area contributed by atoms with Gasteiger partial charge >= 0.3 is 0 Å². The third-order valence-corrected chi connectivity index (χ3v) is 2.23. The molecule has 1 aromatic rings. The topological polar surface area (TPSA) is 80.7 Å². The van der Waals surface area contributed by atoms with E-state index in [1.165, 1.54) is 0 Å². The van der Waals surface area contributed by atoms with Gasteiger partial charge in [0, 0.05) is 5.69 Å². The van der Waals surface area contributed by atoms with Gasteiger partial charge in [0.1, 0.15) is 0 Å². The Morgan fingerprint density at radius 3 is 2.71 bits per heavy atom. The highest BCUT2D eigenvalue weighted by molar-refractivity contribution is 6.00. The maximum atomic E-state index is 8.76. The number of aryl methyl sites for hydroxylation is 2. The van der Waals surface area contributed by atoms with Crippen LogP contribution in [-0.4, -0.2) is 22.6 Å². The summed E-state index contributed by atoms with van der Waals surface area (Å²) in [5.41, 5.74) is 7.91. The highest BCUT2D eigenvalue weighted by Gasteiger charge is 2.14. The average molecular weight is 237 g/mol. The number of hydrogen-bond acceptors (Lipinski definition) is 4. The minimum atomic E-state index is 0.0220. The molecule has 0 aliphatic rings. The van der Waals surface area contributed by atoms with Crippen LogP contribution in [0.2, 0.25) is 0 Å². The molecule has 94 valence electrons. The van der Waals surface area contributed by atoms with Crippen molar-refractivity contribution in [2.24, 2.45) is 16.8 Å². The quantitative estimate of drug-likeness (QED) is 0.362. The van der Waals surface area contributed by atoms with Crippen LogP contribution in [0.25, 0.3) is 0 Å². The summed E-state index contributed by atoms with van der Waals surface area (Å²) < 4.78 is 5.60. The van der Waals surface area contributed by atoms with Crippen LogP contribution < -0.4 is 10.5 Å². The van der Waals surface area contributed by atoms with Gasteiger partial charge in [-0.1, -0.05) is 19.0 Å². The molecular weight excluding hydrogens is 218 g/mol. The molecular formula is C12H19N3O2. The minimum Gasteiger partial charge on any atom is -0.477 e. The fourth-order valence-corrected chi connectivity index (χ4v) is 1.51.